The van der Waals surface area contributed by atoms with Gasteiger partial charge in [-0.15, -0.1) is 0 Å². The Balaban J connectivity index is 1.57. The van der Waals surface area contributed by atoms with E-state index >= 15 is 0 Å². The first-order chi connectivity index (χ1) is 9.15. The molecule has 2 fully saturated rings. The highest BCUT2D eigenvalue weighted by atomic mass is 35.5. The van der Waals surface area contributed by atoms with Crippen LogP contribution in [0.5, 0.6) is 0 Å². The van der Waals surface area contributed by atoms with E-state index in [4.69, 9.17) is 11.6 Å². The molecule has 0 heterocycles. The van der Waals surface area contributed by atoms with Crippen molar-refractivity contribution in [2.24, 2.45) is 11.8 Å². The summed E-state index contributed by atoms with van der Waals surface area (Å²) in [7, 11) is 0. The Labute approximate surface area is 118 Å². The fourth-order valence-corrected chi connectivity index (χ4v) is 2.83. The number of aliphatic hydroxyl groups is 1. The quantitative estimate of drug-likeness (QED) is 0.840. The summed E-state index contributed by atoms with van der Waals surface area (Å²) in [4.78, 5) is 0. The molecule has 1 aromatic carbocycles. The standard InChI is InChI=1S/C15H19ClFNO/c16-12-6-5-11(7-13(12)17)14(19)8-18-15(9-1-2-9)10-3-4-10/h5-7,9-10,14-15,18-19H,1-4,8H2. The Morgan fingerprint density at radius 1 is 1.26 bits per heavy atom. The van der Waals surface area contributed by atoms with E-state index in [2.05, 4.69) is 5.32 Å². The van der Waals surface area contributed by atoms with Gasteiger partial charge in [-0.1, -0.05) is 17.7 Å². The van der Waals surface area contributed by atoms with E-state index < -0.39 is 11.9 Å². The van der Waals surface area contributed by atoms with Gasteiger partial charge in [-0.3, -0.25) is 0 Å². The fraction of sp³-hybridized carbons (Fsp3) is 0.600. The van der Waals surface area contributed by atoms with E-state index in [1.54, 1.807) is 6.07 Å². The van der Waals surface area contributed by atoms with Crippen LogP contribution in [-0.2, 0) is 0 Å². The molecule has 0 radical (unpaired) electrons. The van der Waals surface area contributed by atoms with Gasteiger partial charge in [0.25, 0.3) is 0 Å². The second kappa shape index (κ2) is 5.39. The van der Waals surface area contributed by atoms with Gasteiger partial charge in [0.2, 0.25) is 0 Å². The molecule has 0 saturated heterocycles. The van der Waals surface area contributed by atoms with E-state index in [0.29, 0.717) is 18.2 Å². The molecule has 0 spiro atoms. The smallest absolute Gasteiger partial charge is 0.142 e. The molecular weight excluding hydrogens is 265 g/mol. The van der Waals surface area contributed by atoms with E-state index in [1.807, 2.05) is 0 Å². The zero-order valence-electron chi connectivity index (χ0n) is 10.8. The third-order valence-corrected chi connectivity index (χ3v) is 4.44. The first-order valence-electron chi connectivity index (χ1n) is 7.01. The van der Waals surface area contributed by atoms with Crippen molar-refractivity contribution in [2.75, 3.05) is 6.54 Å². The highest BCUT2D eigenvalue weighted by molar-refractivity contribution is 6.30. The molecule has 0 bridgehead atoms. The summed E-state index contributed by atoms with van der Waals surface area (Å²) in [6.45, 7) is 0.485. The van der Waals surface area contributed by atoms with Crippen molar-refractivity contribution in [3.63, 3.8) is 0 Å². The Kier molecular flexibility index (Phi) is 3.79. The van der Waals surface area contributed by atoms with Crippen molar-refractivity contribution in [3.8, 4) is 0 Å². The van der Waals surface area contributed by atoms with Crippen LogP contribution in [0.4, 0.5) is 4.39 Å². The predicted octanol–water partition coefficient (Wildman–Crippen LogP) is 3.29. The van der Waals surface area contributed by atoms with Crippen molar-refractivity contribution in [1.82, 2.24) is 5.32 Å². The Bertz CT molecular complexity index is 447. The molecule has 2 aliphatic rings. The molecule has 4 heteroatoms. The molecule has 0 aromatic heterocycles. The lowest BCUT2D eigenvalue weighted by Crippen LogP contribution is -2.36. The normalized spacial score (nSPS) is 20.8. The summed E-state index contributed by atoms with van der Waals surface area (Å²) in [6, 6.07) is 5.04. The summed E-state index contributed by atoms with van der Waals surface area (Å²) in [5.41, 5.74) is 0.583. The van der Waals surface area contributed by atoms with E-state index in [-0.39, 0.29) is 5.02 Å². The second-order valence-corrected chi connectivity index (χ2v) is 6.21. The lowest BCUT2D eigenvalue weighted by Gasteiger charge is -2.20. The molecule has 0 aliphatic heterocycles. The SMILES string of the molecule is OC(CNC(C1CC1)C1CC1)c1ccc(Cl)c(F)c1. The Hall–Kier alpha value is -0.640. The Morgan fingerprint density at radius 3 is 2.42 bits per heavy atom. The zero-order valence-corrected chi connectivity index (χ0v) is 11.5. The number of hydrogen-bond acceptors (Lipinski definition) is 2. The van der Waals surface area contributed by atoms with Crippen LogP contribution in [0.2, 0.25) is 5.02 Å². The average Bonchev–Trinajstić information content (AvgIpc) is 3.26. The van der Waals surface area contributed by atoms with Gasteiger partial charge in [-0.2, -0.15) is 0 Å². The van der Waals surface area contributed by atoms with Crippen LogP contribution in [0.3, 0.4) is 0 Å². The molecular formula is C15H19ClFNO. The van der Waals surface area contributed by atoms with Gasteiger partial charge in [0.1, 0.15) is 5.82 Å². The maximum atomic E-state index is 13.4. The van der Waals surface area contributed by atoms with Crippen LogP contribution >= 0.6 is 11.6 Å². The van der Waals surface area contributed by atoms with Crippen LogP contribution in [0, 0.1) is 17.7 Å². The minimum atomic E-state index is -0.674. The number of nitrogens with one attached hydrogen (secondary N) is 1. The molecule has 3 rings (SSSR count). The number of rotatable bonds is 6. The fourth-order valence-electron chi connectivity index (χ4n) is 2.71. The maximum Gasteiger partial charge on any atom is 0.142 e. The van der Waals surface area contributed by atoms with Gasteiger partial charge in [-0.25, -0.2) is 4.39 Å². The second-order valence-electron chi connectivity index (χ2n) is 5.80. The minimum Gasteiger partial charge on any atom is -0.387 e. The molecule has 2 saturated carbocycles. The van der Waals surface area contributed by atoms with Crippen LogP contribution in [-0.4, -0.2) is 17.7 Å². The van der Waals surface area contributed by atoms with Crippen LogP contribution in [0.1, 0.15) is 37.4 Å². The number of hydrogen-bond donors (Lipinski definition) is 2. The van der Waals surface area contributed by atoms with Gasteiger partial charge in [-0.05, 0) is 55.2 Å². The van der Waals surface area contributed by atoms with Gasteiger partial charge < -0.3 is 10.4 Å². The number of halogens is 2. The van der Waals surface area contributed by atoms with Crippen molar-refractivity contribution in [3.05, 3.63) is 34.6 Å². The maximum absolute atomic E-state index is 13.4. The van der Waals surface area contributed by atoms with Gasteiger partial charge >= 0.3 is 0 Å². The van der Waals surface area contributed by atoms with Crippen molar-refractivity contribution in [1.29, 1.82) is 0 Å². The Morgan fingerprint density at radius 2 is 1.89 bits per heavy atom. The van der Waals surface area contributed by atoms with E-state index in [1.165, 1.54) is 37.8 Å². The molecule has 2 aliphatic carbocycles. The summed E-state index contributed by atoms with van der Waals surface area (Å²) in [5.74, 6) is 1.11. The van der Waals surface area contributed by atoms with Crippen LogP contribution in [0.25, 0.3) is 0 Å². The summed E-state index contributed by atoms with van der Waals surface area (Å²) in [5, 5.41) is 13.7. The number of aliphatic hydroxyl groups excluding tert-OH is 1. The average molecular weight is 284 g/mol. The van der Waals surface area contributed by atoms with Crippen molar-refractivity contribution >= 4 is 11.6 Å². The van der Waals surface area contributed by atoms with Crippen LogP contribution in [0.15, 0.2) is 18.2 Å². The first-order valence-corrected chi connectivity index (χ1v) is 7.39. The van der Waals surface area contributed by atoms with Crippen molar-refractivity contribution in [2.45, 2.75) is 37.8 Å². The van der Waals surface area contributed by atoms with E-state index in [0.717, 1.165) is 11.8 Å². The molecule has 1 aromatic rings. The monoisotopic (exact) mass is 283 g/mol. The van der Waals surface area contributed by atoms with E-state index in [9.17, 15) is 9.50 Å². The van der Waals surface area contributed by atoms with Crippen LogP contribution < -0.4 is 5.32 Å². The molecule has 0 amide bonds. The minimum absolute atomic E-state index is 0.0951. The highest BCUT2D eigenvalue weighted by Crippen LogP contribution is 2.44. The zero-order chi connectivity index (χ0) is 13.4. The van der Waals surface area contributed by atoms with Gasteiger partial charge in [0, 0.05) is 12.6 Å². The van der Waals surface area contributed by atoms with Gasteiger partial charge in [0.05, 0.1) is 11.1 Å². The summed E-state index contributed by atoms with van der Waals surface area (Å²) < 4.78 is 13.4. The lowest BCUT2D eigenvalue weighted by atomic mass is 10.1. The highest BCUT2D eigenvalue weighted by Gasteiger charge is 2.41. The molecule has 2 nitrogen and oxygen atoms in total. The predicted molar refractivity (Wildman–Crippen MR) is 73.6 cm³/mol. The molecule has 1 unspecified atom stereocenters. The number of benzene rings is 1. The van der Waals surface area contributed by atoms with Gasteiger partial charge in [0.15, 0.2) is 0 Å². The van der Waals surface area contributed by atoms with Crippen molar-refractivity contribution < 1.29 is 9.50 Å². The largest absolute Gasteiger partial charge is 0.387 e. The molecule has 2 N–H and O–H groups in total. The topological polar surface area (TPSA) is 32.3 Å². The third-order valence-electron chi connectivity index (χ3n) is 4.14. The molecule has 1 atom stereocenters. The molecule has 19 heavy (non-hydrogen) atoms. The summed E-state index contributed by atoms with van der Waals surface area (Å²) in [6.07, 6.45) is 4.55. The third kappa shape index (κ3) is 3.28. The molecule has 104 valence electrons. The summed E-state index contributed by atoms with van der Waals surface area (Å²) >= 11 is 5.64. The first kappa shape index (κ1) is 13.3. The lowest BCUT2D eigenvalue weighted by molar-refractivity contribution is 0.165.